The van der Waals surface area contributed by atoms with Crippen LogP contribution in [0.2, 0.25) is 5.02 Å². The summed E-state index contributed by atoms with van der Waals surface area (Å²) in [5.41, 5.74) is -0.919. The number of amides is 1. The maximum Gasteiger partial charge on any atom is 0.310 e. The quantitative estimate of drug-likeness (QED) is 0.808. The SMILES string of the molecule is C[C@](C#N)(NC(=O)COC(=O)Cc1c(F)cccc1Cl)C1CC1. The number of carbonyl (C=O) groups is 2. The van der Waals surface area contributed by atoms with Crippen LogP contribution >= 0.6 is 11.6 Å². The molecule has 1 aliphatic rings. The van der Waals surface area contributed by atoms with E-state index in [0.717, 1.165) is 12.8 Å². The van der Waals surface area contributed by atoms with Gasteiger partial charge in [0.1, 0.15) is 11.4 Å². The first-order valence-electron chi connectivity index (χ1n) is 7.16. The van der Waals surface area contributed by atoms with Crippen LogP contribution < -0.4 is 5.32 Å². The van der Waals surface area contributed by atoms with Gasteiger partial charge in [0.2, 0.25) is 0 Å². The Morgan fingerprint density at radius 2 is 2.22 bits per heavy atom. The van der Waals surface area contributed by atoms with E-state index in [2.05, 4.69) is 11.4 Å². The molecule has 1 N–H and O–H groups in total. The van der Waals surface area contributed by atoms with E-state index in [1.165, 1.54) is 18.2 Å². The Labute approximate surface area is 138 Å². The number of ether oxygens (including phenoxy) is 1. The molecule has 1 aromatic carbocycles. The van der Waals surface area contributed by atoms with Gasteiger partial charge in [-0.2, -0.15) is 5.26 Å². The van der Waals surface area contributed by atoms with Crippen LogP contribution in [-0.2, 0) is 20.7 Å². The first-order valence-corrected chi connectivity index (χ1v) is 7.54. The number of esters is 1. The maximum atomic E-state index is 13.6. The number of halogens is 2. The summed E-state index contributed by atoms with van der Waals surface area (Å²) in [6, 6.07) is 6.16. The summed E-state index contributed by atoms with van der Waals surface area (Å²) in [6.45, 7) is 1.12. The zero-order valence-electron chi connectivity index (χ0n) is 12.6. The number of carbonyl (C=O) groups excluding carboxylic acids is 2. The van der Waals surface area contributed by atoms with E-state index in [1.54, 1.807) is 6.92 Å². The van der Waals surface area contributed by atoms with E-state index < -0.39 is 29.8 Å². The fourth-order valence-electron chi connectivity index (χ4n) is 2.25. The lowest BCUT2D eigenvalue weighted by atomic mass is 9.98. The number of benzene rings is 1. The zero-order valence-corrected chi connectivity index (χ0v) is 13.3. The second kappa shape index (κ2) is 6.97. The van der Waals surface area contributed by atoms with Gasteiger partial charge in [-0.05, 0) is 37.8 Å². The third-order valence-electron chi connectivity index (χ3n) is 3.77. The van der Waals surface area contributed by atoms with Gasteiger partial charge in [0.25, 0.3) is 5.91 Å². The standard InChI is InChI=1S/C16H16ClFN2O3/c1-16(9-19,10-5-6-10)20-14(21)8-23-15(22)7-11-12(17)3-2-4-13(11)18/h2-4,10H,5-8H2,1H3,(H,20,21)/t16-/m1/s1. The van der Waals surface area contributed by atoms with Crippen LogP contribution in [0.25, 0.3) is 0 Å². The van der Waals surface area contributed by atoms with Gasteiger partial charge >= 0.3 is 5.97 Å². The smallest absolute Gasteiger partial charge is 0.310 e. The second-order valence-corrected chi connectivity index (χ2v) is 6.08. The molecule has 5 nitrogen and oxygen atoms in total. The van der Waals surface area contributed by atoms with Gasteiger partial charge < -0.3 is 10.1 Å². The molecule has 23 heavy (non-hydrogen) atoms. The number of nitrogens with one attached hydrogen (secondary N) is 1. The Morgan fingerprint density at radius 3 is 2.78 bits per heavy atom. The predicted molar refractivity (Wildman–Crippen MR) is 81.0 cm³/mol. The Morgan fingerprint density at radius 1 is 1.52 bits per heavy atom. The lowest BCUT2D eigenvalue weighted by Gasteiger charge is -2.22. The van der Waals surface area contributed by atoms with Crippen LogP contribution in [0, 0.1) is 23.1 Å². The highest BCUT2D eigenvalue weighted by Crippen LogP contribution is 2.39. The van der Waals surface area contributed by atoms with Gasteiger partial charge in [0.05, 0.1) is 12.5 Å². The molecule has 0 heterocycles. The van der Waals surface area contributed by atoms with Crippen molar-refractivity contribution >= 4 is 23.5 Å². The summed E-state index contributed by atoms with van der Waals surface area (Å²) in [5.74, 6) is -1.81. The molecule has 0 aliphatic heterocycles. The molecule has 1 saturated carbocycles. The van der Waals surface area contributed by atoms with Crippen LogP contribution in [0.3, 0.4) is 0 Å². The minimum Gasteiger partial charge on any atom is -0.455 e. The number of hydrogen-bond acceptors (Lipinski definition) is 4. The molecule has 0 bridgehead atoms. The molecule has 2 rings (SSSR count). The monoisotopic (exact) mass is 338 g/mol. The van der Waals surface area contributed by atoms with Crippen LogP contribution in [0.1, 0.15) is 25.3 Å². The highest BCUT2D eigenvalue weighted by atomic mass is 35.5. The Hall–Kier alpha value is -2.13. The van der Waals surface area contributed by atoms with E-state index in [4.69, 9.17) is 21.6 Å². The minimum atomic E-state index is -0.946. The van der Waals surface area contributed by atoms with E-state index in [9.17, 15) is 14.0 Å². The third-order valence-corrected chi connectivity index (χ3v) is 4.13. The molecule has 0 aromatic heterocycles. The molecular weight excluding hydrogens is 323 g/mol. The average Bonchev–Trinajstić information content (AvgIpc) is 3.34. The van der Waals surface area contributed by atoms with Crippen LogP contribution in [0.15, 0.2) is 18.2 Å². The van der Waals surface area contributed by atoms with E-state index in [-0.39, 0.29) is 22.9 Å². The van der Waals surface area contributed by atoms with Crippen LogP contribution in [-0.4, -0.2) is 24.0 Å². The Balaban J connectivity index is 1.85. The maximum absolute atomic E-state index is 13.6. The molecule has 1 fully saturated rings. The molecule has 1 atom stereocenters. The highest BCUT2D eigenvalue weighted by Gasteiger charge is 2.43. The van der Waals surface area contributed by atoms with Gasteiger partial charge in [-0.3, -0.25) is 9.59 Å². The van der Waals surface area contributed by atoms with Crippen molar-refractivity contribution in [3.8, 4) is 6.07 Å². The van der Waals surface area contributed by atoms with E-state index in [0.29, 0.717) is 0 Å². The zero-order chi connectivity index (χ0) is 17.0. The summed E-state index contributed by atoms with van der Waals surface area (Å²) < 4.78 is 18.4. The molecule has 0 unspecified atom stereocenters. The fourth-order valence-corrected chi connectivity index (χ4v) is 2.48. The third kappa shape index (κ3) is 4.42. The molecular formula is C16H16ClFN2O3. The molecule has 122 valence electrons. The lowest BCUT2D eigenvalue weighted by Crippen LogP contribution is -2.48. The van der Waals surface area contributed by atoms with Gasteiger partial charge in [-0.1, -0.05) is 17.7 Å². The molecule has 1 amide bonds. The summed E-state index contributed by atoms with van der Waals surface area (Å²) in [5, 5.41) is 11.8. The van der Waals surface area contributed by atoms with E-state index >= 15 is 0 Å². The van der Waals surface area contributed by atoms with Crippen LogP contribution in [0.4, 0.5) is 4.39 Å². The van der Waals surface area contributed by atoms with Gasteiger partial charge in [0, 0.05) is 10.6 Å². The summed E-state index contributed by atoms with van der Waals surface area (Å²) in [4.78, 5) is 23.5. The van der Waals surface area contributed by atoms with Crippen molar-refractivity contribution in [2.75, 3.05) is 6.61 Å². The molecule has 1 aliphatic carbocycles. The molecule has 0 saturated heterocycles. The molecule has 1 aromatic rings. The average molecular weight is 339 g/mol. The van der Waals surface area contributed by atoms with Gasteiger partial charge in [-0.15, -0.1) is 0 Å². The van der Waals surface area contributed by atoms with Crippen molar-refractivity contribution in [2.45, 2.75) is 31.7 Å². The first kappa shape index (κ1) is 17.2. The Bertz CT molecular complexity index is 650. The van der Waals surface area contributed by atoms with Crippen molar-refractivity contribution in [1.29, 1.82) is 5.26 Å². The fraction of sp³-hybridized carbons (Fsp3) is 0.438. The topological polar surface area (TPSA) is 79.2 Å². The van der Waals surface area contributed by atoms with Gasteiger partial charge in [0.15, 0.2) is 6.61 Å². The summed E-state index contributed by atoms with van der Waals surface area (Å²) >= 11 is 5.82. The highest BCUT2D eigenvalue weighted by molar-refractivity contribution is 6.31. The minimum absolute atomic E-state index is 0.0272. The normalized spacial score (nSPS) is 16.1. The number of nitrogens with zero attached hydrogens (tertiary/aromatic N) is 1. The Kier molecular flexibility index (Phi) is 5.22. The van der Waals surface area contributed by atoms with E-state index in [1.807, 2.05) is 0 Å². The molecule has 0 radical (unpaired) electrons. The molecule has 7 heteroatoms. The van der Waals surface area contributed by atoms with Crippen molar-refractivity contribution in [1.82, 2.24) is 5.32 Å². The largest absolute Gasteiger partial charge is 0.455 e. The van der Waals surface area contributed by atoms with Crippen molar-refractivity contribution < 1.29 is 18.7 Å². The first-order chi connectivity index (χ1) is 10.9. The summed E-state index contributed by atoms with van der Waals surface area (Å²) in [6.07, 6.45) is 1.41. The predicted octanol–water partition coefficient (Wildman–Crippen LogP) is 2.37. The second-order valence-electron chi connectivity index (χ2n) is 5.67. The summed E-state index contributed by atoms with van der Waals surface area (Å²) in [7, 11) is 0. The number of rotatable bonds is 6. The molecule has 0 spiro atoms. The number of nitriles is 1. The van der Waals surface area contributed by atoms with Crippen molar-refractivity contribution in [3.63, 3.8) is 0 Å². The van der Waals surface area contributed by atoms with Gasteiger partial charge in [-0.25, -0.2) is 4.39 Å². The number of hydrogen-bond donors (Lipinski definition) is 1. The lowest BCUT2D eigenvalue weighted by molar-refractivity contribution is -0.148. The van der Waals surface area contributed by atoms with Crippen molar-refractivity contribution in [3.05, 3.63) is 34.6 Å². The van der Waals surface area contributed by atoms with Crippen molar-refractivity contribution in [2.24, 2.45) is 5.92 Å². The van der Waals surface area contributed by atoms with Crippen LogP contribution in [0.5, 0.6) is 0 Å².